The van der Waals surface area contributed by atoms with Crippen LogP contribution in [0.3, 0.4) is 0 Å². The number of nitrogens with zero attached hydrogens (tertiary/aromatic N) is 3. The van der Waals surface area contributed by atoms with Gasteiger partial charge in [0.1, 0.15) is 5.57 Å². The summed E-state index contributed by atoms with van der Waals surface area (Å²) in [6.07, 6.45) is 3.64. The van der Waals surface area contributed by atoms with Gasteiger partial charge in [0.05, 0.1) is 5.69 Å². The van der Waals surface area contributed by atoms with Gasteiger partial charge >= 0.3 is 0 Å². The Kier molecular flexibility index (Phi) is 6.01. The Morgan fingerprint density at radius 1 is 0.914 bits per heavy atom. The second kappa shape index (κ2) is 9.13. The molecule has 1 aliphatic heterocycles. The minimum absolute atomic E-state index is 0.0658. The summed E-state index contributed by atoms with van der Waals surface area (Å²) < 4.78 is 2.11. The van der Waals surface area contributed by atoms with Crippen LogP contribution in [-0.4, -0.2) is 33.4 Å². The minimum Gasteiger partial charge on any atom is -0.342 e. The highest BCUT2D eigenvalue weighted by atomic mass is 35.5. The number of hydrogen-bond acceptors (Lipinski definition) is 3. The molecule has 0 saturated carbocycles. The average Bonchev–Trinajstić information content (AvgIpc) is 3.20. The number of benzene rings is 3. The third-order valence-corrected chi connectivity index (χ3v) is 6.83. The van der Waals surface area contributed by atoms with Crippen LogP contribution < -0.4 is 4.90 Å². The third-order valence-electron chi connectivity index (χ3n) is 6.12. The number of rotatable bonds is 4. The Morgan fingerprint density at radius 3 is 2.31 bits per heavy atom. The first kappa shape index (κ1) is 23.0. The summed E-state index contributed by atoms with van der Waals surface area (Å²) >= 11 is 11.5. The molecule has 1 aromatic heterocycles. The lowest BCUT2D eigenvalue weighted by Crippen LogP contribution is -2.54. The highest BCUT2D eigenvalue weighted by Crippen LogP contribution is 2.29. The number of carbonyl (C=O) groups is 2. The van der Waals surface area contributed by atoms with Crippen LogP contribution in [0.25, 0.3) is 17.0 Å². The third kappa shape index (κ3) is 4.27. The van der Waals surface area contributed by atoms with Crippen molar-refractivity contribution in [2.45, 2.75) is 13.5 Å². The van der Waals surface area contributed by atoms with Gasteiger partial charge in [-0.05, 0) is 61.1 Å². The standard InChI is InChI=1S/C28H22ClN3O2S/c1-18-7-13-22(14-8-18)32-27(34)24(26(33)30(2)28(32)35)15-20-17-31(25-6-4-3-5-23(20)25)16-19-9-11-21(29)12-10-19/h3-15,17H,16H2,1-2H3. The first-order valence-corrected chi connectivity index (χ1v) is 11.9. The highest BCUT2D eigenvalue weighted by molar-refractivity contribution is 7.80. The average molecular weight is 500 g/mol. The molecular weight excluding hydrogens is 478 g/mol. The predicted octanol–water partition coefficient (Wildman–Crippen LogP) is 5.82. The molecule has 0 unspecified atom stereocenters. The molecule has 2 amide bonds. The molecule has 174 valence electrons. The number of thiocarbonyl (C=S) groups is 1. The molecule has 1 fully saturated rings. The lowest BCUT2D eigenvalue weighted by molar-refractivity contribution is -0.127. The quantitative estimate of drug-likeness (QED) is 0.202. The number of carbonyl (C=O) groups excluding carboxylic acids is 2. The summed E-state index contributed by atoms with van der Waals surface area (Å²) in [6, 6.07) is 23.1. The van der Waals surface area contributed by atoms with Crippen LogP contribution in [0.2, 0.25) is 5.02 Å². The molecule has 2 heterocycles. The highest BCUT2D eigenvalue weighted by Gasteiger charge is 2.38. The van der Waals surface area contributed by atoms with E-state index in [1.165, 1.54) is 9.80 Å². The van der Waals surface area contributed by atoms with Crippen molar-refractivity contribution in [1.29, 1.82) is 0 Å². The maximum atomic E-state index is 13.6. The molecule has 0 N–H and O–H groups in total. The number of para-hydroxylation sites is 1. The van der Waals surface area contributed by atoms with Gasteiger partial charge in [-0.3, -0.25) is 19.4 Å². The minimum atomic E-state index is -0.434. The van der Waals surface area contributed by atoms with Crippen molar-refractivity contribution in [3.05, 3.63) is 106 Å². The molecular formula is C28H22ClN3O2S. The number of amides is 2. The van der Waals surface area contributed by atoms with E-state index in [0.717, 1.165) is 27.6 Å². The van der Waals surface area contributed by atoms with Crippen molar-refractivity contribution in [3.8, 4) is 0 Å². The monoisotopic (exact) mass is 499 g/mol. The van der Waals surface area contributed by atoms with Crippen LogP contribution in [-0.2, 0) is 16.1 Å². The smallest absolute Gasteiger partial charge is 0.270 e. The van der Waals surface area contributed by atoms with E-state index >= 15 is 0 Å². The van der Waals surface area contributed by atoms with E-state index in [0.29, 0.717) is 17.3 Å². The molecule has 1 saturated heterocycles. The van der Waals surface area contributed by atoms with Gasteiger partial charge in [-0.15, -0.1) is 0 Å². The van der Waals surface area contributed by atoms with Gasteiger partial charge in [-0.25, -0.2) is 0 Å². The Labute approximate surface area is 213 Å². The van der Waals surface area contributed by atoms with E-state index in [2.05, 4.69) is 4.57 Å². The van der Waals surface area contributed by atoms with Gasteiger partial charge in [0, 0.05) is 41.3 Å². The SMILES string of the molecule is Cc1ccc(N2C(=O)C(=Cc3cn(Cc4ccc(Cl)cc4)c4ccccc34)C(=O)N(C)C2=S)cc1. The van der Waals surface area contributed by atoms with E-state index in [1.807, 2.05) is 85.9 Å². The zero-order valence-corrected chi connectivity index (χ0v) is 20.8. The zero-order valence-electron chi connectivity index (χ0n) is 19.2. The van der Waals surface area contributed by atoms with E-state index in [-0.39, 0.29) is 10.7 Å². The van der Waals surface area contributed by atoms with Crippen molar-refractivity contribution < 1.29 is 9.59 Å². The number of fused-ring (bicyclic) bond motifs is 1. The second-order valence-electron chi connectivity index (χ2n) is 8.54. The van der Waals surface area contributed by atoms with Crippen LogP contribution in [0.5, 0.6) is 0 Å². The predicted molar refractivity (Wildman–Crippen MR) is 145 cm³/mol. The number of anilines is 1. The van der Waals surface area contributed by atoms with Crippen LogP contribution in [0.15, 0.2) is 84.6 Å². The van der Waals surface area contributed by atoms with Crippen LogP contribution in [0.1, 0.15) is 16.7 Å². The number of halogens is 1. The first-order chi connectivity index (χ1) is 16.8. The molecule has 5 nitrogen and oxygen atoms in total. The summed E-state index contributed by atoms with van der Waals surface area (Å²) in [7, 11) is 1.59. The maximum Gasteiger partial charge on any atom is 0.270 e. The Bertz CT molecular complexity index is 1500. The molecule has 4 aromatic rings. The van der Waals surface area contributed by atoms with Gasteiger partial charge < -0.3 is 4.57 Å². The number of aromatic nitrogens is 1. The Morgan fingerprint density at radius 2 is 1.60 bits per heavy atom. The molecule has 35 heavy (non-hydrogen) atoms. The van der Waals surface area contributed by atoms with Crippen molar-refractivity contribution in [1.82, 2.24) is 9.47 Å². The molecule has 5 rings (SSSR count). The van der Waals surface area contributed by atoms with Crippen molar-refractivity contribution in [2.24, 2.45) is 0 Å². The van der Waals surface area contributed by atoms with Crippen molar-refractivity contribution >= 4 is 63.4 Å². The molecule has 3 aromatic carbocycles. The first-order valence-electron chi connectivity index (χ1n) is 11.1. The largest absolute Gasteiger partial charge is 0.342 e. The maximum absolute atomic E-state index is 13.6. The molecule has 0 spiro atoms. The van der Waals surface area contributed by atoms with Gasteiger partial charge in [0.2, 0.25) is 0 Å². The fraction of sp³-hybridized carbons (Fsp3) is 0.107. The Balaban J connectivity index is 1.58. The summed E-state index contributed by atoms with van der Waals surface area (Å²) in [5.41, 5.74) is 4.64. The lowest BCUT2D eigenvalue weighted by atomic mass is 10.1. The molecule has 0 bridgehead atoms. The van der Waals surface area contributed by atoms with Crippen molar-refractivity contribution in [3.63, 3.8) is 0 Å². The Hall–Kier alpha value is -3.74. The summed E-state index contributed by atoms with van der Waals surface area (Å²) in [4.78, 5) is 29.5. The normalized spacial score (nSPS) is 15.5. The van der Waals surface area contributed by atoms with E-state index in [1.54, 1.807) is 13.1 Å². The summed E-state index contributed by atoms with van der Waals surface area (Å²) in [5, 5.41) is 1.80. The number of hydrogen-bond donors (Lipinski definition) is 0. The van der Waals surface area contributed by atoms with Crippen LogP contribution in [0, 0.1) is 6.92 Å². The van der Waals surface area contributed by atoms with Gasteiger partial charge in [-0.2, -0.15) is 0 Å². The van der Waals surface area contributed by atoms with Crippen LogP contribution >= 0.6 is 23.8 Å². The van der Waals surface area contributed by atoms with Crippen molar-refractivity contribution in [2.75, 3.05) is 11.9 Å². The number of likely N-dealkylation sites (N-methyl/N-ethyl adjacent to an activating group) is 1. The van der Waals surface area contributed by atoms with E-state index in [9.17, 15) is 9.59 Å². The molecule has 0 radical (unpaired) electrons. The summed E-state index contributed by atoms with van der Waals surface area (Å²) in [5.74, 6) is -0.852. The van der Waals surface area contributed by atoms with Gasteiger partial charge in [0.25, 0.3) is 11.8 Å². The van der Waals surface area contributed by atoms with Gasteiger partial charge in [0.15, 0.2) is 5.11 Å². The second-order valence-corrected chi connectivity index (χ2v) is 9.34. The molecule has 7 heteroatoms. The molecule has 0 aliphatic carbocycles. The topological polar surface area (TPSA) is 45.6 Å². The fourth-order valence-corrected chi connectivity index (χ4v) is 4.62. The fourth-order valence-electron chi connectivity index (χ4n) is 4.22. The molecule has 1 aliphatic rings. The van der Waals surface area contributed by atoms with E-state index < -0.39 is 11.8 Å². The molecule has 0 atom stereocenters. The number of aryl methyl sites for hydroxylation is 1. The van der Waals surface area contributed by atoms with Crippen LogP contribution in [0.4, 0.5) is 5.69 Å². The zero-order chi connectivity index (χ0) is 24.7. The summed E-state index contributed by atoms with van der Waals surface area (Å²) in [6.45, 7) is 2.60. The lowest BCUT2D eigenvalue weighted by Gasteiger charge is -2.34. The van der Waals surface area contributed by atoms with Gasteiger partial charge in [-0.1, -0.05) is 59.6 Å². The van der Waals surface area contributed by atoms with E-state index in [4.69, 9.17) is 23.8 Å².